The number of ether oxygens (including phenoxy) is 1. The van der Waals surface area contributed by atoms with E-state index in [0.29, 0.717) is 6.61 Å². The van der Waals surface area contributed by atoms with Gasteiger partial charge in [-0.2, -0.15) is 0 Å². The molecule has 0 spiro atoms. The molecule has 0 unspecified atom stereocenters. The molecule has 0 saturated heterocycles. The van der Waals surface area contributed by atoms with Gasteiger partial charge in [0, 0.05) is 11.6 Å². The summed E-state index contributed by atoms with van der Waals surface area (Å²) < 4.78 is 5.91. The second kappa shape index (κ2) is 5.19. The smallest absolute Gasteiger partial charge is 0.143 e. The van der Waals surface area contributed by atoms with E-state index in [9.17, 15) is 0 Å². The van der Waals surface area contributed by atoms with Crippen molar-refractivity contribution in [2.24, 2.45) is 0 Å². The number of para-hydroxylation sites is 1. The molecule has 0 aliphatic rings. The topological polar surface area (TPSA) is 25.0 Å². The summed E-state index contributed by atoms with van der Waals surface area (Å²) >= 11 is 0. The second-order valence-corrected chi connectivity index (χ2v) is 4.52. The predicted octanol–water partition coefficient (Wildman–Crippen LogP) is 4.12. The van der Waals surface area contributed by atoms with E-state index in [1.54, 1.807) is 0 Å². The fourth-order valence-electron chi connectivity index (χ4n) is 2.25. The summed E-state index contributed by atoms with van der Waals surface area (Å²) in [7, 11) is 0. The van der Waals surface area contributed by atoms with Gasteiger partial charge in [0.1, 0.15) is 12.4 Å². The van der Waals surface area contributed by atoms with Crippen LogP contribution in [0.1, 0.15) is 11.1 Å². The first-order valence-corrected chi connectivity index (χ1v) is 6.43. The van der Waals surface area contributed by atoms with Crippen molar-refractivity contribution >= 4 is 10.9 Å². The highest BCUT2D eigenvalue weighted by molar-refractivity contribution is 5.88. The van der Waals surface area contributed by atoms with Crippen molar-refractivity contribution in [3.8, 4) is 5.75 Å². The summed E-state index contributed by atoms with van der Waals surface area (Å²) in [4.78, 5) is 3.28. The molecule has 2 nitrogen and oxygen atoms in total. The molecule has 2 aromatic carbocycles. The molecular formula is C17H16NO. The standard InChI is InChI=1S/C17H16NO/c1-2-14-11-18-17-15(14)9-6-10-16(17)19-12-13-7-4-3-5-8-13/h3-11,18H,1-2,12H2. The van der Waals surface area contributed by atoms with Gasteiger partial charge in [-0.15, -0.1) is 0 Å². The van der Waals surface area contributed by atoms with Crippen LogP contribution in [0.25, 0.3) is 10.9 Å². The number of rotatable bonds is 4. The van der Waals surface area contributed by atoms with E-state index >= 15 is 0 Å². The predicted molar refractivity (Wildman–Crippen MR) is 78.1 cm³/mol. The highest BCUT2D eigenvalue weighted by Crippen LogP contribution is 2.28. The molecular weight excluding hydrogens is 234 g/mol. The molecule has 2 heteroatoms. The molecule has 3 rings (SSSR count). The Morgan fingerprint density at radius 2 is 1.84 bits per heavy atom. The fourth-order valence-corrected chi connectivity index (χ4v) is 2.25. The van der Waals surface area contributed by atoms with Crippen LogP contribution in [0.4, 0.5) is 0 Å². The molecule has 0 aliphatic carbocycles. The van der Waals surface area contributed by atoms with Gasteiger partial charge in [0.2, 0.25) is 0 Å². The highest BCUT2D eigenvalue weighted by atomic mass is 16.5. The van der Waals surface area contributed by atoms with Crippen LogP contribution in [0.15, 0.2) is 54.7 Å². The summed E-state index contributed by atoms with van der Waals surface area (Å²) in [5.41, 5.74) is 3.45. The molecule has 0 amide bonds. The zero-order valence-corrected chi connectivity index (χ0v) is 10.7. The van der Waals surface area contributed by atoms with Crippen molar-refractivity contribution in [1.29, 1.82) is 0 Å². The molecule has 0 fully saturated rings. The third kappa shape index (κ3) is 2.34. The molecule has 0 bridgehead atoms. The Balaban J connectivity index is 1.87. The normalized spacial score (nSPS) is 10.8. The SMILES string of the molecule is [CH2]Cc1c[nH]c2c(OCc3ccccc3)cccc12. The van der Waals surface area contributed by atoms with E-state index in [-0.39, 0.29) is 0 Å². The van der Waals surface area contributed by atoms with Gasteiger partial charge in [-0.05, 0) is 30.5 Å². The molecule has 0 aliphatic heterocycles. The Hall–Kier alpha value is -2.22. The monoisotopic (exact) mass is 250 g/mol. The first-order chi connectivity index (χ1) is 9.38. The average Bonchev–Trinajstić information content (AvgIpc) is 2.90. The lowest BCUT2D eigenvalue weighted by molar-refractivity contribution is 0.309. The molecule has 1 aromatic heterocycles. The third-order valence-corrected chi connectivity index (χ3v) is 3.27. The molecule has 1 N–H and O–H groups in total. The first-order valence-electron chi connectivity index (χ1n) is 6.43. The van der Waals surface area contributed by atoms with Crippen LogP contribution in [0, 0.1) is 6.92 Å². The largest absolute Gasteiger partial charge is 0.487 e. The van der Waals surface area contributed by atoms with Crippen molar-refractivity contribution in [2.45, 2.75) is 13.0 Å². The van der Waals surface area contributed by atoms with Gasteiger partial charge in [0.25, 0.3) is 0 Å². The van der Waals surface area contributed by atoms with Crippen LogP contribution in [0.2, 0.25) is 0 Å². The van der Waals surface area contributed by atoms with Gasteiger partial charge in [-0.3, -0.25) is 0 Å². The lowest BCUT2D eigenvalue weighted by atomic mass is 10.1. The van der Waals surface area contributed by atoms with Crippen molar-refractivity contribution in [3.05, 3.63) is 72.8 Å². The summed E-state index contributed by atoms with van der Waals surface area (Å²) in [6, 6.07) is 16.3. The second-order valence-electron chi connectivity index (χ2n) is 4.52. The number of nitrogens with one attached hydrogen (secondary N) is 1. The van der Waals surface area contributed by atoms with Gasteiger partial charge in [-0.25, -0.2) is 0 Å². The summed E-state index contributed by atoms with van der Waals surface area (Å²) in [6.45, 7) is 4.52. The maximum Gasteiger partial charge on any atom is 0.143 e. The first kappa shape index (κ1) is 11.8. The molecule has 1 radical (unpaired) electrons. The van der Waals surface area contributed by atoms with E-state index < -0.39 is 0 Å². The minimum Gasteiger partial charge on any atom is -0.487 e. The number of H-pyrrole nitrogens is 1. The Kier molecular flexibility index (Phi) is 3.23. The maximum atomic E-state index is 5.91. The minimum atomic E-state index is 0.582. The lowest BCUT2D eigenvalue weighted by Crippen LogP contribution is -1.95. The van der Waals surface area contributed by atoms with Crippen molar-refractivity contribution < 1.29 is 4.74 Å². The minimum absolute atomic E-state index is 0.582. The quantitative estimate of drug-likeness (QED) is 0.740. The van der Waals surface area contributed by atoms with Gasteiger partial charge in [0.15, 0.2) is 0 Å². The van der Waals surface area contributed by atoms with E-state index in [2.05, 4.69) is 30.1 Å². The van der Waals surface area contributed by atoms with E-state index in [1.807, 2.05) is 36.5 Å². The Bertz CT molecular complexity index is 670. The van der Waals surface area contributed by atoms with E-state index in [0.717, 1.165) is 17.7 Å². The summed E-state index contributed by atoms with van der Waals surface area (Å²) in [5, 5.41) is 1.19. The number of aromatic nitrogens is 1. The molecule has 3 aromatic rings. The molecule has 0 saturated carbocycles. The molecule has 19 heavy (non-hydrogen) atoms. The number of hydrogen-bond acceptors (Lipinski definition) is 1. The van der Waals surface area contributed by atoms with Gasteiger partial charge in [0.05, 0.1) is 5.52 Å². The van der Waals surface area contributed by atoms with Crippen molar-refractivity contribution in [1.82, 2.24) is 4.98 Å². The zero-order chi connectivity index (χ0) is 13.1. The number of hydrogen-bond donors (Lipinski definition) is 1. The Labute approximate surface area is 113 Å². The van der Waals surface area contributed by atoms with Crippen LogP contribution in [-0.4, -0.2) is 4.98 Å². The van der Waals surface area contributed by atoms with Crippen LogP contribution in [0.5, 0.6) is 5.75 Å². The Morgan fingerprint density at radius 1 is 1.00 bits per heavy atom. The molecule has 95 valence electrons. The lowest BCUT2D eigenvalue weighted by Gasteiger charge is -2.07. The van der Waals surface area contributed by atoms with E-state index in [4.69, 9.17) is 4.74 Å². The van der Waals surface area contributed by atoms with Crippen LogP contribution >= 0.6 is 0 Å². The number of aromatic amines is 1. The van der Waals surface area contributed by atoms with Gasteiger partial charge >= 0.3 is 0 Å². The van der Waals surface area contributed by atoms with Gasteiger partial charge in [-0.1, -0.05) is 42.5 Å². The molecule has 0 atom stereocenters. The number of fused-ring (bicyclic) bond motifs is 1. The van der Waals surface area contributed by atoms with Crippen molar-refractivity contribution in [3.63, 3.8) is 0 Å². The third-order valence-electron chi connectivity index (χ3n) is 3.27. The van der Waals surface area contributed by atoms with Crippen LogP contribution in [0.3, 0.4) is 0 Å². The summed E-state index contributed by atoms with van der Waals surface area (Å²) in [6.07, 6.45) is 2.79. The van der Waals surface area contributed by atoms with E-state index in [1.165, 1.54) is 16.5 Å². The number of benzene rings is 2. The summed E-state index contributed by atoms with van der Waals surface area (Å²) in [5.74, 6) is 0.890. The van der Waals surface area contributed by atoms with Crippen molar-refractivity contribution in [2.75, 3.05) is 0 Å². The highest BCUT2D eigenvalue weighted by Gasteiger charge is 2.07. The van der Waals surface area contributed by atoms with Crippen LogP contribution < -0.4 is 4.74 Å². The van der Waals surface area contributed by atoms with Gasteiger partial charge < -0.3 is 9.72 Å². The van der Waals surface area contributed by atoms with Crippen LogP contribution in [-0.2, 0) is 13.0 Å². The maximum absolute atomic E-state index is 5.91. The average molecular weight is 250 g/mol. The fraction of sp³-hybridized carbons (Fsp3) is 0.118. The molecule has 1 heterocycles. The Morgan fingerprint density at radius 3 is 2.63 bits per heavy atom. The zero-order valence-electron chi connectivity index (χ0n) is 10.7.